The van der Waals surface area contributed by atoms with E-state index in [1.54, 1.807) is 62.4 Å². The van der Waals surface area contributed by atoms with Gasteiger partial charge in [-0.2, -0.15) is 0 Å². The molecule has 1 N–H and O–H groups in total. The van der Waals surface area contributed by atoms with Crippen molar-refractivity contribution in [2.45, 2.75) is 26.6 Å². The Kier molecular flexibility index (Phi) is 7.09. The summed E-state index contributed by atoms with van der Waals surface area (Å²) in [4.78, 5) is 24.9. The molecule has 0 aromatic heterocycles. The first kappa shape index (κ1) is 21.4. The molecule has 154 valence electrons. The maximum Gasteiger partial charge on any atom is 0.340 e. The van der Waals surface area contributed by atoms with Crippen LogP contribution < -0.4 is 10.1 Å². The number of hydrogen-bond donors (Lipinski definition) is 1. The van der Waals surface area contributed by atoms with Crippen LogP contribution in [0.5, 0.6) is 5.75 Å². The first-order chi connectivity index (χ1) is 14.4. The molecule has 0 fully saturated rings. The number of hydrogen-bond acceptors (Lipinski definition) is 4. The second kappa shape index (κ2) is 9.94. The lowest BCUT2D eigenvalue weighted by Crippen LogP contribution is -2.17. The Morgan fingerprint density at radius 2 is 1.60 bits per heavy atom. The van der Waals surface area contributed by atoms with Gasteiger partial charge in [0.1, 0.15) is 12.4 Å². The number of nitrogens with one attached hydrogen (secondary N) is 1. The van der Waals surface area contributed by atoms with E-state index in [9.17, 15) is 9.59 Å². The van der Waals surface area contributed by atoms with Gasteiger partial charge in [0, 0.05) is 5.56 Å². The maximum absolute atomic E-state index is 12.6. The zero-order valence-electron chi connectivity index (χ0n) is 16.7. The smallest absolute Gasteiger partial charge is 0.340 e. The Hall–Kier alpha value is -3.31. The number of rotatable bonds is 7. The summed E-state index contributed by atoms with van der Waals surface area (Å²) < 4.78 is 10.9. The van der Waals surface area contributed by atoms with Crippen LogP contribution in [0.2, 0.25) is 5.02 Å². The van der Waals surface area contributed by atoms with E-state index in [1.165, 1.54) is 0 Å². The summed E-state index contributed by atoms with van der Waals surface area (Å²) >= 11 is 6.09. The molecular formula is C24H22ClNO4. The molecule has 5 nitrogen and oxygen atoms in total. The highest BCUT2D eigenvalue weighted by Crippen LogP contribution is 2.24. The Balaban J connectivity index is 1.65. The lowest BCUT2D eigenvalue weighted by atomic mass is 10.1. The van der Waals surface area contributed by atoms with Gasteiger partial charge in [0.2, 0.25) is 0 Å². The third-order valence-electron chi connectivity index (χ3n) is 4.19. The van der Waals surface area contributed by atoms with Crippen molar-refractivity contribution < 1.29 is 19.1 Å². The van der Waals surface area contributed by atoms with Gasteiger partial charge >= 0.3 is 5.97 Å². The SMILES string of the molecule is CC(C)OC(=O)c1ccccc1NC(=O)c1ccc(COc2ccccc2Cl)cc1. The number of esters is 1. The van der Waals surface area contributed by atoms with E-state index in [1.807, 2.05) is 24.3 Å². The highest BCUT2D eigenvalue weighted by Gasteiger charge is 2.16. The molecule has 3 rings (SSSR count). The van der Waals surface area contributed by atoms with Crippen molar-refractivity contribution in [2.24, 2.45) is 0 Å². The van der Waals surface area contributed by atoms with Crippen molar-refractivity contribution in [2.75, 3.05) is 5.32 Å². The minimum absolute atomic E-state index is 0.248. The van der Waals surface area contributed by atoms with Gasteiger partial charge in [0.05, 0.1) is 22.4 Å². The average molecular weight is 424 g/mol. The predicted octanol–water partition coefficient (Wildman–Crippen LogP) is 5.74. The number of benzene rings is 3. The summed E-state index contributed by atoms with van der Waals surface area (Å²) in [5.74, 6) is -0.197. The van der Waals surface area contributed by atoms with Crippen molar-refractivity contribution in [3.63, 3.8) is 0 Å². The number of carbonyl (C=O) groups excluding carboxylic acids is 2. The Bertz CT molecular complexity index is 1030. The van der Waals surface area contributed by atoms with Crippen LogP contribution in [0.15, 0.2) is 72.8 Å². The van der Waals surface area contributed by atoms with Gasteiger partial charge < -0.3 is 14.8 Å². The van der Waals surface area contributed by atoms with Crippen LogP contribution in [-0.4, -0.2) is 18.0 Å². The molecule has 6 heteroatoms. The van der Waals surface area contributed by atoms with Crippen LogP contribution in [0, 0.1) is 0 Å². The Morgan fingerprint density at radius 1 is 0.933 bits per heavy atom. The summed E-state index contributed by atoms with van der Waals surface area (Å²) in [7, 11) is 0. The quantitative estimate of drug-likeness (QED) is 0.492. The molecular weight excluding hydrogens is 402 g/mol. The number of carbonyl (C=O) groups is 2. The molecule has 0 spiro atoms. The van der Waals surface area contributed by atoms with E-state index in [2.05, 4.69) is 5.32 Å². The number of halogens is 1. The van der Waals surface area contributed by atoms with Crippen molar-refractivity contribution in [1.82, 2.24) is 0 Å². The maximum atomic E-state index is 12.6. The van der Waals surface area contributed by atoms with Crippen molar-refractivity contribution >= 4 is 29.2 Å². The van der Waals surface area contributed by atoms with Gasteiger partial charge in [0.25, 0.3) is 5.91 Å². The zero-order valence-corrected chi connectivity index (χ0v) is 17.5. The summed E-state index contributed by atoms with van der Waals surface area (Å²) in [5, 5.41) is 3.32. The van der Waals surface area contributed by atoms with Crippen molar-refractivity contribution in [3.05, 3.63) is 94.5 Å². The third kappa shape index (κ3) is 5.61. The normalized spacial score (nSPS) is 10.5. The summed E-state index contributed by atoms with van der Waals surface area (Å²) in [6, 6.07) is 21.0. The fourth-order valence-electron chi connectivity index (χ4n) is 2.72. The molecule has 30 heavy (non-hydrogen) atoms. The molecule has 0 bridgehead atoms. The number of amides is 1. The summed E-state index contributed by atoms with van der Waals surface area (Å²) in [5.41, 5.74) is 2.07. The molecule has 0 saturated heterocycles. The standard InChI is InChI=1S/C24H22ClNO4/c1-16(2)30-24(28)19-7-3-5-9-21(19)26-23(27)18-13-11-17(12-14-18)15-29-22-10-6-4-8-20(22)25/h3-14,16H,15H2,1-2H3,(H,26,27). The second-order valence-electron chi connectivity index (χ2n) is 6.87. The lowest BCUT2D eigenvalue weighted by molar-refractivity contribution is 0.0379. The van der Waals surface area contributed by atoms with Crippen molar-refractivity contribution in [3.8, 4) is 5.75 Å². The van der Waals surface area contributed by atoms with Gasteiger partial charge in [-0.25, -0.2) is 4.79 Å². The van der Waals surface area contributed by atoms with Crippen LogP contribution in [0.25, 0.3) is 0 Å². The number of ether oxygens (including phenoxy) is 2. The molecule has 0 atom stereocenters. The molecule has 0 aliphatic rings. The highest BCUT2D eigenvalue weighted by molar-refractivity contribution is 6.32. The molecule has 3 aromatic carbocycles. The first-order valence-corrected chi connectivity index (χ1v) is 9.89. The van der Waals surface area contributed by atoms with E-state index >= 15 is 0 Å². The van der Waals surface area contributed by atoms with Gasteiger partial charge in [-0.3, -0.25) is 4.79 Å². The Labute approximate surface area is 180 Å². The minimum atomic E-state index is -0.479. The fourth-order valence-corrected chi connectivity index (χ4v) is 2.91. The molecule has 0 aliphatic carbocycles. The Morgan fingerprint density at radius 3 is 2.30 bits per heavy atom. The van der Waals surface area contributed by atoms with Gasteiger partial charge in [-0.15, -0.1) is 0 Å². The zero-order chi connectivity index (χ0) is 21.5. The van der Waals surface area contributed by atoms with Crippen LogP contribution in [-0.2, 0) is 11.3 Å². The van der Waals surface area contributed by atoms with Crippen LogP contribution in [0.1, 0.15) is 40.1 Å². The van der Waals surface area contributed by atoms with E-state index in [0.717, 1.165) is 5.56 Å². The minimum Gasteiger partial charge on any atom is -0.487 e. The summed E-state index contributed by atoms with van der Waals surface area (Å²) in [6.45, 7) is 3.88. The monoisotopic (exact) mass is 423 g/mol. The van der Waals surface area contributed by atoms with Gasteiger partial charge in [0.15, 0.2) is 0 Å². The van der Waals surface area contributed by atoms with Crippen LogP contribution in [0.4, 0.5) is 5.69 Å². The second-order valence-corrected chi connectivity index (χ2v) is 7.28. The number of anilines is 1. The average Bonchev–Trinajstić information content (AvgIpc) is 2.73. The van der Waals surface area contributed by atoms with Gasteiger partial charge in [-0.1, -0.05) is 48.0 Å². The van der Waals surface area contributed by atoms with Crippen molar-refractivity contribution in [1.29, 1.82) is 0 Å². The topological polar surface area (TPSA) is 64.6 Å². The molecule has 0 saturated carbocycles. The summed E-state index contributed by atoms with van der Waals surface area (Å²) in [6.07, 6.45) is -0.248. The predicted molar refractivity (Wildman–Crippen MR) is 117 cm³/mol. The molecule has 0 heterocycles. The highest BCUT2D eigenvalue weighted by atomic mass is 35.5. The van der Waals surface area contributed by atoms with Crippen LogP contribution in [0.3, 0.4) is 0 Å². The number of para-hydroxylation sites is 2. The van der Waals surface area contributed by atoms with E-state index in [-0.39, 0.29) is 12.0 Å². The van der Waals surface area contributed by atoms with Gasteiger partial charge in [-0.05, 0) is 55.8 Å². The third-order valence-corrected chi connectivity index (χ3v) is 4.50. The lowest BCUT2D eigenvalue weighted by Gasteiger charge is -2.13. The molecule has 0 aliphatic heterocycles. The van der Waals surface area contributed by atoms with Crippen LogP contribution >= 0.6 is 11.6 Å². The largest absolute Gasteiger partial charge is 0.487 e. The fraction of sp³-hybridized carbons (Fsp3) is 0.167. The molecule has 1 amide bonds. The molecule has 0 unspecified atom stereocenters. The molecule has 3 aromatic rings. The van der Waals surface area contributed by atoms with E-state index < -0.39 is 5.97 Å². The first-order valence-electron chi connectivity index (χ1n) is 9.51. The van der Waals surface area contributed by atoms with E-state index in [4.69, 9.17) is 21.1 Å². The van der Waals surface area contributed by atoms with E-state index in [0.29, 0.717) is 34.2 Å². The molecule has 0 radical (unpaired) electrons.